The number of amides is 2. The van der Waals surface area contributed by atoms with Gasteiger partial charge in [-0.2, -0.15) is 0 Å². The van der Waals surface area contributed by atoms with Crippen LogP contribution in [0, 0.1) is 5.82 Å². The second kappa shape index (κ2) is 15.1. The van der Waals surface area contributed by atoms with Crippen LogP contribution in [0.2, 0.25) is 0 Å². The lowest BCUT2D eigenvalue weighted by Gasteiger charge is -2.34. The first-order chi connectivity index (χ1) is 22.3. The number of halogens is 1. The predicted molar refractivity (Wildman–Crippen MR) is 175 cm³/mol. The molecule has 1 fully saturated rings. The molecule has 46 heavy (non-hydrogen) atoms. The van der Waals surface area contributed by atoms with Crippen molar-refractivity contribution in [3.05, 3.63) is 126 Å². The lowest BCUT2D eigenvalue weighted by molar-refractivity contribution is -0.140. The quantitative estimate of drug-likeness (QED) is 0.201. The average Bonchev–Trinajstić information content (AvgIpc) is 3.59. The molecule has 4 aromatic rings. The van der Waals surface area contributed by atoms with Gasteiger partial charge < -0.3 is 15.0 Å². The molecule has 1 aliphatic rings. The number of hydrogen-bond acceptors (Lipinski definition) is 5. The Labute approximate surface area is 269 Å². The second-order valence-electron chi connectivity index (χ2n) is 11.3. The summed E-state index contributed by atoms with van der Waals surface area (Å²) in [6, 6.07) is 28.5. The van der Waals surface area contributed by atoms with Gasteiger partial charge in [0.15, 0.2) is 0 Å². The summed E-state index contributed by atoms with van der Waals surface area (Å²) in [5, 5.41) is 3.12. The molecular weight excluding hydrogens is 605 g/mol. The number of carbonyl (C=O) groups is 2. The molecule has 0 aliphatic heterocycles. The van der Waals surface area contributed by atoms with E-state index in [9.17, 15) is 18.0 Å². The van der Waals surface area contributed by atoms with Crippen LogP contribution in [0.4, 0.5) is 10.1 Å². The Morgan fingerprint density at radius 2 is 1.48 bits per heavy atom. The van der Waals surface area contributed by atoms with Crippen LogP contribution < -0.4 is 14.4 Å². The Morgan fingerprint density at radius 1 is 0.870 bits per heavy atom. The fourth-order valence-corrected chi connectivity index (χ4v) is 7.14. The number of para-hydroxylation sites is 1. The van der Waals surface area contributed by atoms with E-state index < -0.39 is 34.3 Å². The van der Waals surface area contributed by atoms with Gasteiger partial charge in [-0.1, -0.05) is 79.6 Å². The molecule has 0 bridgehead atoms. The summed E-state index contributed by atoms with van der Waals surface area (Å²) in [5.41, 5.74) is 1.30. The fraction of sp³-hybridized carbons (Fsp3) is 0.278. The first-order valence-corrected chi connectivity index (χ1v) is 16.8. The number of nitrogens with one attached hydrogen (secondary N) is 1. The minimum atomic E-state index is -4.26. The first-order valence-electron chi connectivity index (χ1n) is 15.4. The largest absolute Gasteiger partial charge is 0.497 e. The van der Waals surface area contributed by atoms with Gasteiger partial charge in [0.05, 0.1) is 17.7 Å². The molecule has 1 atom stereocenters. The van der Waals surface area contributed by atoms with Crippen molar-refractivity contribution >= 4 is 27.5 Å². The van der Waals surface area contributed by atoms with Crippen molar-refractivity contribution in [1.82, 2.24) is 10.2 Å². The summed E-state index contributed by atoms with van der Waals surface area (Å²) < 4.78 is 49.5. The normalized spacial score (nSPS) is 14.0. The van der Waals surface area contributed by atoms with E-state index in [1.807, 2.05) is 30.3 Å². The fourth-order valence-electron chi connectivity index (χ4n) is 5.73. The van der Waals surface area contributed by atoms with E-state index >= 15 is 4.39 Å². The molecule has 0 heterocycles. The summed E-state index contributed by atoms with van der Waals surface area (Å²) in [4.78, 5) is 29.8. The molecule has 5 rings (SSSR count). The molecule has 0 radical (unpaired) electrons. The van der Waals surface area contributed by atoms with Crippen LogP contribution >= 0.6 is 0 Å². The third-order valence-electron chi connectivity index (χ3n) is 8.24. The number of nitrogens with zero attached hydrogens (tertiary/aromatic N) is 2. The molecule has 4 aromatic carbocycles. The number of methoxy groups -OCH3 is 1. The van der Waals surface area contributed by atoms with Gasteiger partial charge in [0, 0.05) is 24.6 Å². The molecule has 0 unspecified atom stereocenters. The maximum atomic E-state index is 15.1. The van der Waals surface area contributed by atoms with Crippen molar-refractivity contribution in [2.75, 3.05) is 18.0 Å². The van der Waals surface area contributed by atoms with Crippen molar-refractivity contribution in [2.24, 2.45) is 0 Å². The SMILES string of the molecule is COc1ccc(S(=O)(=O)N(CC(=O)N(Cc2ccccc2F)[C@H](Cc2ccccc2)C(=O)NC2CCCC2)c2ccccc2)cc1. The zero-order valence-electron chi connectivity index (χ0n) is 25.7. The highest BCUT2D eigenvalue weighted by atomic mass is 32.2. The van der Waals surface area contributed by atoms with Gasteiger partial charge in [-0.05, 0) is 60.9 Å². The van der Waals surface area contributed by atoms with Crippen LogP contribution in [0.25, 0.3) is 0 Å². The third kappa shape index (κ3) is 7.92. The van der Waals surface area contributed by atoms with E-state index in [1.54, 1.807) is 48.5 Å². The highest BCUT2D eigenvalue weighted by Crippen LogP contribution is 2.27. The Balaban J connectivity index is 1.55. The molecule has 1 saturated carbocycles. The predicted octanol–water partition coefficient (Wildman–Crippen LogP) is 5.73. The average molecular weight is 644 g/mol. The van der Waals surface area contributed by atoms with Gasteiger partial charge in [0.25, 0.3) is 10.0 Å². The van der Waals surface area contributed by atoms with E-state index in [2.05, 4.69) is 5.32 Å². The zero-order valence-corrected chi connectivity index (χ0v) is 26.5. The van der Waals surface area contributed by atoms with Crippen LogP contribution in [0.1, 0.15) is 36.8 Å². The highest BCUT2D eigenvalue weighted by molar-refractivity contribution is 7.92. The number of sulfonamides is 1. The van der Waals surface area contributed by atoms with E-state index in [0.29, 0.717) is 5.75 Å². The summed E-state index contributed by atoms with van der Waals surface area (Å²) in [5.74, 6) is -1.05. The van der Waals surface area contributed by atoms with Gasteiger partial charge >= 0.3 is 0 Å². The van der Waals surface area contributed by atoms with Crippen LogP contribution in [0.5, 0.6) is 5.75 Å². The molecular formula is C36H38FN3O5S. The molecule has 240 valence electrons. The van der Waals surface area contributed by atoms with Gasteiger partial charge in [-0.15, -0.1) is 0 Å². The Kier molecular flexibility index (Phi) is 10.7. The smallest absolute Gasteiger partial charge is 0.264 e. The van der Waals surface area contributed by atoms with E-state index in [1.165, 1.54) is 42.3 Å². The second-order valence-corrected chi connectivity index (χ2v) is 13.2. The molecule has 0 spiro atoms. The standard InChI is InChI=1S/C36H38FN3O5S/c1-45-31-20-22-32(23-21-31)46(43,44)40(30-17-6-3-7-18-30)26-35(41)39(25-28-14-8-11-19-33(28)37)34(24-27-12-4-2-5-13-27)36(42)38-29-15-9-10-16-29/h2-8,11-14,17-23,29,34H,9-10,15-16,24-26H2,1H3,(H,38,42)/t34-/m1/s1. The molecule has 1 N–H and O–H groups in total. The van der Waals surface area contributed by atoms with Crippen LogP contribution in [-0.4, -0.2) is 50.9 Å². The number of benzene rings is 4. The first kappa shape index (κ1) is 32.7. The van der Waals surface area contributed by atoms with Crippen LogP contribution in [0.3, 0.4) is 0 Å². The lowest BCUT2D eigenvalue weighted by atomic mass is 10.0. The molecule has 2 amide bonds. The van der Waals surface area contributed by atoms with E-state index in [-0.39, 0.29) is 41.1 Å². The monoisotopic (exact) mass is 643 g/mol. The number of rotatable bonds is 13. The molecule has 8 nitrogen and oxygen atoms in total. The highest BCUT2D eigenvalue weighted by Gasteiger charge is 2.36. The van der Waals surface area contributed by atoms with E-state index in [0.717, 1.165) is 35.6 Å². The van der Waals surface area contributed by atoms with Crippen molar-refractivity contribution < 1.29 is 27.1 Å². The summed E-state index contributed by atoms with van der Waals surface area (Å²) in [7, 11) is -2.77. The third-order valence-corrected chi connectivity index (χ3v) is 10.0. The zero-order chi connectivity index (χ0) is 32.5. The van der Waals surface area contributed by atoms with Gasteiger partial charge in [0.1, 0.15) is 24.2 Å². The Hall–Kier alpha value is -4.70. The molecule has 0 aromatic heterocycles. The summed E-state index contributed by atoms with van der Waals surface area (Å²) >= 11 is 0. The Morgan fingerprint density at radius 3 is 2.11 bits per heavy atom. The van der Waals surface area contributed by atoms with Gasteiger partial charge in [-0.3, -0.25) is 13.9 Å². The molecule has 10 heteroatoms. The number of anilines is 1. The van der Waals surface area contributed by atoms with Crippen molar-refractivity contribution in [2.45, 2.75) is 55.6 Å². The minimum absolute atomic E-state index is 0.0209. The van der Waals surface area contributed by atoms with Crippen molar-refractivity contribution in [1.29, 1.82) is 0 Å². The summed E-state index contributed by atoms with van der Waals surface area (Å²) in [6.45, 7) is -0.846. The molecule has 0 saturated heterocycles. The maximum Gasteiger partial charge on any atom is 0.264 e. The Bertz CT molecular complexity index is 1710. The number of hydrogen-bond donors (Lipinski definition) is 1. The van der Waals surface area contributed by atoms with Crippen LogP contribution in [0.15, 0.2) is 114 Å². The van der Waals surface area contributed by atoms with Crippen molar-refractivity contribution in [3.63, 3.8) is 0 Å². The maximum absolute atomic E-state index is 15.1. The number of ether oxygens (including phenoxy) is 1. The summed E-state index contributed by atoms with van der Waals surface area (Å²) in [6.07, 6.45) is 3.85. The topological polar surface area (TPSA) is 96.0 Å². The van der Waals surface area contributed by atoms with Crippen LogP contribution in [-0.2, 0) is 32.6 Å². The van der Waals surface area contributed by atoms with Gasteiger partial charge in [0.2, 0.25) is 11.8 Å². The van der Waals surface area contributed by atoms with Crippen molar-refractivity contribution in [3.8, 4) is 5.75 Å². The lowest BCUT2D eigenvalue weighted by Crippen LogP contribution is -2.54. The van der Waals surface area contributed by atoms with E-state index in [4.69, 9.17) is 4.74 Å². The minimum Gasteiger partial charge on any atom is -0.497 e. The van der Waals surface area contributed by atoms with Gasteiger partial charge in [-0.25, -0.2) is 12.8 Å². The molecule has 1 aliphatic carbocycles. The number of carbonyl (C=O) groups excluding carboxylic acids is 2.